The first-order valence-electron chi connectivity index (χ1n) is 8.69. The minimum atomic E-state index is -1.74. The normalized spacial score (nSPS) is 27.5. The first-order valence-corrected chi connectivity index (χ1v) is 10.6. The van der Waals surface area contributed by atoms with Gasteiger partial charge in [-0.2, -0.15) is 0 Å². The van der Waals surface area contributed by atoms with Crippen molar-refractivity contribution >= 4 is 69.9 Å². The number of carbonyl (C=O) groups is 2. The molecule has 0 aliphatic carbocycles. The molecule has 0 aromatic heterocycles. The predicted octanol–water partition coefficient (Wildman–Crippen LogP) is 5.32. The standard InChI is InChI=1S/C18H18Cl5NO4/c1-27-17(26)16-11(9-2-4-12(19)13(20)6-9)7-10-3-5-14(16)24(10)28-15(25)8-18(21,22)23/h2,4,6,10-11,14,16H,3,5,7-8H2,1H3/t10-,11+,14+,16-/m0/s1. The average molecular weight is 490 g/mol. The number of hydroxylamine groups is 2. The van der Waals surface area contributed by atoms with Gasteiger partial charge in [0.15, 0.2) is 0 Å². The number of rotatable bonds is 4. The van der Waals surface area contributed by atoms with Gasteiger partial charge in [0.05, 0.1) is 35.5 Å². The van der Waals surface area contributed by atoms with Crippen LogP contribution in [0.15, 0.2) is 18.2 Å². The van der Waals surface area contributed by atoms with Gasteiger partial charge in [0.25, 0.3) is 0 Å². The van der Waals surface area contributed by atoms with E-state index in [1.165, 1.54) is 7.11 Å². The number of benzene rings is 1. The van der Waals surface area contributed by atoms with E-state index in [1.54, 1.807) is 17.2 Å². The number of fused-ring (bicyclic) bond motifs is 2. The summed E-state index contributed by atoms with van der Waals surface area (Å²) < 4.78 is 3.31. The number of piperidine rings is 1. The molecule has 0 saturated carbocycles. The van der Waals surface area contributed by atoms with Gasteiger partial charge in [0.2, 0.25) is 3.79 Å². The number of halogens is 5. The molecule has 2 aliphatic rings. The Morgan fingerprint density at radius 3 is 2.50 bits per heavy atom. The highest BCUT2D eigenvalue weighted by Gasteiger charge is 2.53. The summed E-state index contributed by atoms with van der Waals surface area (Å²) in [7, 11) is 1.34. The number of nitrogens with zero attached hydrogens (tertiary/aromatic N) is 1. The van der Waals surface area contributed by atoms with Crippen molar-refractivity contribution in [1.82, 2.24) is 5.06 Å². The molecule has 28 heavy (non-hydrogen) atoms. The van der Waals surface area contributed by atoms with Gasteiger partial charge in [-0.3, -0.25) is 9.59 Å². The quantitative estimate of drug-likeness (QED) is 0.423. The van der Waals surface area contributed by atoms with E-state index in [4.69, 9.17) is 67.6 Å². The van der Waals surface area contributed by atoms with Gasteiger partial charge in [-0.05, 0) is 37.0 Å². The van der Waals surface area contributed by atoms with Crippen LogP contribution in [0, 0.1) is 5.92 Å². The average Bonchev–Trinajstić information content (AvgIpc) is 2.86. The van der Waals surface area contributed by atoms with E-state index in [-0.39, 0.29) is 30.4 Å². The van der Waals surface area contributed by atoms with Gasteiger partial charge < -0.3 is 9.57 Å². The number of carbonyl (C=O) groups excluding carboxylic acids is 2. The highest BCUT2D eigenvalue weighted by atomic mass is 35.6. The molecule has 0 spiro atoms. The van der Waals surface area contributed by atoms with Gasteiger partial charge in [0.1, 0.15) is 0 Å². The molecular weight excluding hydrogens is 471 g/mol. The second-order valence-corrected chi connectivity index (χ2v) is 10.3. The summed E-state index contributed by atoms with van der Waals surface area (Å²) >= 11 is 29.2. The summed E-state index contributed by atoms with van der Waals surface area (Å²) in [5.41, 5.74) is 0.897. The minimum absolute atomic E-state index is 0.0512. The number of esters is 1. The van der Waals surface area contributed by atoms with E-state index >= 15 is 0 Å². The molecule has 5 nitrogen and oxygen atoms in total. The third-order valence-corrected chi connectivity index (χ3v) is 6.39. The summed E-state index contributed by atoms with van der Waals surface area (Å²) in [5.74, 6) is -1.69. The largest absolute Gasteiger partial charge is 0.469 e. The fourth-order valence-electron chi connectivity index (χ4n) is 4.16. The monoisotopic (exact) mass is 487 g/mol. The summed E-state index contributed by atoms with van der Waals surface area (Å²) in [4.78, 5) is 30.3. The molecule has 1 aromatic carbocycles. The van der Waals surface area contributed by atoms with Gasteiger partial charge in [-0.15, -0.1) is 5.06 Å². The van der Waals surface area contributed by atoms with Gasteiger partial charge in [0, 0.05) is 12.0 Å². The second-order valence-electron chi connectivity index (χ2n) is 6.98. The lowest BCUT2D eigenvalue weighted by Crippen LogP contribution is -2.51. The highest BCUT2D eigenvalue weighted by Crippen LogP contribution is 2.48. The summed E-state index contributed by atoms with van der Waals surface area (Å²) in [6, 6.07) is 4.96. The fourth-order valence-corrected chi connectivity index (χ4v) is 4.79. The summed E-state index contributed by atoms with van der Waals surface area (Å²) in [6.45, 7) is 0. The molecule has 0 unspecified atom stereocenters. The van der Waals surface area contributed by atoms with E-state index < -0.39 is 15.7 Å². The van der Waals surface area contributed by atoms with Crippen LogP contribution >= 0.6 is 58.0 Å². The van der Waals surface area contributed by atoms with Crippen molar-refractivity contribution in [1.29, 1.82) is 0 Å². The Bertz CT molecular complexity index is 769. The van der Waals surface area contributed by atoms with Crippen molar-refractivity contribution in [3.63, 3.8) is 0 Å². The Hall–Kier alpha value is -0.430. The first kappa shape index (κ1) is 22.3. The van der Waals surface area contributed by atoms with Crippen LogP contribution in [-0.2, 0) is 19.2 Å². The smallest absolute Gasteiger partial charge is 0.329 e. The van der Waals surface area contributed by atoms with E-state index in [1.807, 2.05) is 6.07 Å². The molecule has 0 radical (unpaired) electrons. The fraction of sp³-hybridized carbons (Fsp3) is 0.556. The van der Waals surface area contributed by atoms with E-state index in [0.717, 1.165) is 12.0 Å². The van der Waals surface area contributed by atoms with Crippen molar-refractivity contribution in [3.8, 4) is 0 Å². The Balaban J connectivity index is 1.86. The lowest BCUT2D eigenvalue weighted by molar-refractivity contribution is -0.222. The first-order chi connectivity index (χ1) is 13.1. The molecule has 1 aromatic rings. The van der Waals surface area contributed by atoms with Crippen molar-refractivity contribution in [2.45, 2.75) is 47.5 Å². The lowest BCUT2D eigenvalue weighted by Gasteiger charge is -2.42. The third-order valence-electron chi connectivity index (χ3n) is 5.25. The van der Waals surface area contributed by atoms with Crippen LogP contribution in [0.3, 0.4) is 0 Å². The molecule has 2 aliphatic heterocycles. The molecule has 2 bridgehead atoms. The SMILES string of the molecule is COC(=O)[C@H]1[C@@H](c2ccc(Cl)c(Cl)c2)C[C@@H]2CC[C@H]1N2OC(=O)CC(Cl)(Cl)Cl. The van der Waals surface area contributed by atoms with E-state index in [2.05, 4.69) is 0 Å². The zero-order valence-electron chi connectivity index (χ0n) is 14.8. The van der Waals surface area contributed by atoms with Crippen LogP contribution in [0.25, 0.3) is 0 Å². The zero-order valence-corrected chi connectivity index (χ0v) is 18.6. The molecule has 10 heteroatoms. The maximum absolute atomic E-state index is 12.6. The van der Waals surface area contributed by atoms with Gasteiger partial charge >= 0.3 is 11.9 Å². The number of hydrogen-bond acceptors (Lipinski definition) is 5. The van der Waals surface area contributed by atoms with E-state index in [9.17, 15) is 9.59 Å². The molecule has 2 fully saturated rings. The van der Waals surface area contributed by atoms with Crippen LogP contribution in [-0.4, -0.2) is 40.0 Å². The third kappa shape index (κ3) is 4.82. The molecule has 154 valence electrons. The summed E-state index contributed by atoms with van der Waals surface area (Å²) in [5, 5.41) is 2.45. The second kappa shape index (κ2) is 8.75. The minimum Gasteiger partial charge on any atom is -0.469 e. The number of ether oxygens (including phenoxy) is 1. The molecule has 2 saturated heterocycles. The number of methoxy groups -OCH3 is 1. The predicted molar refractivity (Wildman–Crippen MR) is 109 cm³/mol. The number of hydrogen-bond donors (Lipinski definition) is 0. The zero-order chi connectivity index (χ0) is 20.6. The number of alkyl halides is 3. The van der Waals surface area contributed by atoms with Crippen LogP contribution in [0.1, 0.15) is 37.2 Å². The van der Waals surface area contributed by atoms with E-state index in [0.29, 0.717) is 22.9 Å². The molecule has 0 amide bonds. The molecule has 4 atom stereocenters. The topological polar surface area (TPSA) is 55.8 Å². The molecule has 2 heterocycles. The maximum Gasteiger partial charge on any atom is 0.329 e. The van der Waals surface area contributed by atoms with Crippen molar-refractivity contribution < 1.29 is 19.2 Å². The molecule has 3 rings (SSSR count). The Morgan fingerprint density at radius 2 is 1.89 bits per heavy atom. The van der Waals surface area contributed by atoms with Crippen LogP contribution < -0.4 is 0 Å². The van der Waals surface area contributed by atoms with Crippen LogP contribution in [0.5, 0.6) is 0 Å². The lowest BCUT2D eigenvalue weighted by atomic mass is 9.76. The van der Waals surface area contributed by atoms with Gasteiger partial charge in [-0.1, -0.05) is 64.1 Å². The molecular formula is C18H18Cl5NO4. The Labute approximate surface area is 188 Å². The van der Waals surface area contributed by atoms with Gasteiger partial charge in [-0.25, -0.2) is 0 Å². The summed E-state index contributed by atoms with van der Waals surface area (Å²) in [6.07, 6.45) is 1.67. The molecule has 0 N–H and O–H groups in total. The van der Waals surface area contributed by atoms with Crippen LogP contribution in [0.4, 0.5) is 0 Å². The van der Waals surface area contributed by atoms with Crippen LogP contribution in [0.2, 0.25) is 10.0 Å². The Morgan fingerprint density at radius 1 is 1.18 bits per heavy atom. The Kier molecular flexibility index (Phi) is 6.95. The van der Waals surface area contributed by atoms with Crippen molar-refractivity contribution in [3.05, 3.63) is 33.8 Å². The maximum atomic E-state index is 12.6. The van der Waals surface area contributed by atoms with Crippen molar-refractivity contribution in [2.24, 2.45) is 5.92 Å². The van der Waals surface area contributed by atoms with Crippen molar-refractivity contribution in [2.75, 3.05) is 7.11 Å². The highest BCUT2D eigenvalue weighted by molar-refractivity contribution is 6.68.